The fourth-order valence-corrected chi connectivity index (χ4v) is 4.44. The largest absolute Gasteiger partial charge is 0.493 e. The molecule has 9 nitrogen and oxygen atoms in total. The topological polar surface area (TPSA) is 106 Å². The maximum atomic E-state index is 12.5. The molecule has 0 bridgehead atoms. The molecule has 2 aliphatic rings. The summed E-state index contributed by atoms with van der Waals surface area (Å²) in [4.78, 5) is 11.3. The number of aromatic nitrogens is 2. The third-order valence-corrected chi connectivity index (χ3v) is 6.31. The molecule has 0 aliphatic carbocycles. The molecule has 0 saturated carbocycles. The number of aryl methyl sites for hydroxylation is 1. The van der Waals surface area contributed by atoms with Gasteiger partial charge in [-0.2, -0.15) is 4.98 Å². The molecule has 10 heteroatoms. The smallest absolute Gasteiger partial charge is 0.240 e. The van der Waals surface area contributed by atoms with E-state index in [1.54, 1.807) is 18.2 Å². The normalized spacial score (nSPS) is 16.4. The summed E-state index contributed by atoms with van der Waals surface area (Å²) in [5.41, 5.74) is 1.78. The van der Waals surface area contributed by atoms with E-state index in [1.165, 1.54) is 0 Å². The van der Waals surface area contributed by atoms with Crippen molar-refractivity contribution in [2.45, 2.75) is 18.2 Å². The van der Waals surface area contributed by atoms with Crippen molar-refractivity contribution < 1.29 is 17.9 Å². The number of hydrogen-bond acceptors (Lipinski definition) is 8. The second-order valence-electron chi connectivity index (χ2n) is 6.98. The van der Waals surface area contributed by atoms with E-state index in [0.717, 1.165) is 42.3 Å². The van der Waals surface area contributed by atoms with Crippen LogP contribution in [0.5, 0.6) is 5.75 Å². The molecule has 3 heterocycles. The summed E-state index contributed by atoms with van der Waals surface area (Å²) in [5, 5.41) is 3.10. The lowest BCUT2D eigenvalue weighted by Gasteiger charge is -2.28. The number of fused-ring (bicyclic) bond motifs is 1. The lowest BCUT2D eigenvalue weighted by atomic mass is 10.2. The Morgan fingerprint density at radius 2 is 1.93 bits per heavy atom. The van der Waals surface area contributed by atoms with Gasteiger partial charge < -0.3 is 19.7 Å². The van der Waals surface area contributed by atoms with E-state index in [4.69, 9.17) is 9.47 Å². The van der Waals surface area contributed by atoms with Gasteiger partial charge >= 0.3 is 0 Å². The Hall–Kier alpha value is -2.43. The summed E-state index contributed by atoms with van der Waals surface area (Å²) < 4.78 is 38.5. The van der Waals surface area contributed by atoms with Crippen LogP contribution in [-0.4, -0.2) is 64.4 Å². The van der Waals surface area contributed by atoms with Gasteiger partial charge in [0.05, 0.1) is 24.7 Å². The Labute approximate surface area is 170 Å². The van der Waals surface area contributed by atoms with Crippen LogP contribution < -0.4 is 19.7 Å². The number of rotatable bonds is 7. The first-order chi connectivity index (χ1) is 14.0. The maximum Gasteiger partial charge on any atom is 0.240 e. The van der Waals surface area contributed by atoms with E-state index < -0.39 is 10.0 Å². The summed E-state index contributed by atoms with van der Waals surface area (Å²) in [5.74, 6) is 2.10. The second kappa shape index (κ2) is 8.52. The summed E-state index contributed by atoms with van der Waals surface area (Å²) >= 11 is 0. The van der Waals surface area contributed by atoms with E-state index in [2.05, 4.69) is 24.9 Å². The highest BCUT2D eigenvalue weighted by Gasteiger charge is 2.19. The Kier molecular flexibility index (Phi) is 5.84. The van der Waals surface area contributed by atoms with Crippen LogP contribution in [0.2, 0.25) is 0 Å². The molecular formula is C19H25N5O4S. The van der Waals surface area contributed by atoms with Gasteiger partial charge in [0.15, 0.2) is 0 Å². The van der Waals surface area contributed by atoms with E-state index in [0.29, 0.717) is 32.3 Å². The highest BCUT2D eigenvalue weighted by atomic mass is 32.2. The molecule has 1 fully saturated rings. The lowest BCUT2D eigenvalue weighted by Crippen LogP contribution is -2.37. The zero-order valence-corrected chi connectivity index (χ0v) is 17.2. The van der Waals surface area contributed by atoms with Crippen molar-refractivity contribution in [2.24, 2.45) is 0 Å². The fourth-order valence-electron chi connectivity index (χ4n) is 3.36. The number of nitrogens with one attached hydrogen (secondary N) is 2. The molecule has 156 valence electrons. The minimum atomic E-state index is -3.58. The number of anilines is 2. The molecule has 2 aromatic rings. The number of sulfonamides is 1. The van der Waals surface area contributed by atoms with Crippen LogP contribution in [0.1, 0.15) is 11.3 Å². The van der Waals surface area contributed by atoms with Crippen LogP contribution in [-0.2, 0) is 21.2 Å². The van der Waals surface area contributed by atoms with Gasteiger partial charge in [-0.25, -0.2) is 18.1 Å². The number of hydrogen-bond donors (Lipinski definition) is 2. The molecule has 4 rings (SSSR count). The van der Waals surface area contributed by atoms with Crippen LogP contribution in [0.3, 0.4) is 0 Å². The number of ether oxygens (including phenoxy) is 2. The molecule has 1 aromatic carbocycles. The third-order valence-electron chi connectivity index (χ3n) is 4.85. The standard InChI is InChI=1S/C19H25N5O4S/c1-14-12-18(24-7-10-27-11-8-24)23-19(22-14)20-5-6-21-29(25,26)16-2-3-17-15(13-16)4-9-28-17/h2-3,12-13,21H,4-11H2,1H3,(H,20,22,23). The van der Waals surface area contributed by atoms with Crippen LogP contribution in [0.25, 0.3) is 0 Å². The molecule has 0 amide bonds. The SMILES string of the molecule is Cc1cc(N2CCOCC2)nc(NCCNS(=O)(=O)c2ccc3c(c2)CCO3)n1. The summed E-state index contributed by atoms with van der Waals surface area (Å²) in [6.07, 6.45) is 0.733. The Morgan fingerprint density at radius 1 is 1.10 bits per heavy atom. The molecule has 1 aromatic heterocycles. The molecule has 0 radical (unpaired) electrons. The molecule has 0 unspecified atom stereocenters. The predicted octanol–water partition coefficient (Wildman–Crippen LogP) is 0.947. The van der Waals surface area contributed by atoms with Gasteiger partial charge in [-0.1, -0.05) is 0 Å². The van der Waals surface area contributed by atoms with E-state index in [-0.39, 0.29) is 11.4 Å². The Balaban J connectivity index is 1.33. The summed E-state index contributed by atoms with van der Waals surface area (Å²) in [6, 6.07) is 6.90. The van der Waals surface area contributed by atoms with Crippen molar-refractivity contribution >= 4 is 21.8 Å². The van der Waals surface area contributed by atoms with E-state index in [1.807, 2.05) is 13.0 Å². The van der Waals surface area contributed by atoms with Crippen molar-refractivity contribution in [3.63, 3.8) is 0 Å². The quantitative estimate of drug-likeness (QED) is 0.639. The van der Waals surface area contributed by atoms with Gasteiger partial charge in [-0.15, -0.1) is 0 Å². The lowest BCUT2D eigenvalue weighted by molar-refractivity contribution is 0.122. The van der Waals surface area contributed by atoms with Gasteiger partial charge in [0.2, 0.25) is 16.0 Å². The van der Waals surface area contributed by atoms with E-state index >= 15 is 0 Å². The predicted molar refractivity (Wildman–Crippen MR) is 109 cm³/mol. The Morgan fingerprint density at radius 3 is 2.76 bits per heavy atom. The number of nitrogens with zero attached hydrogens (tertiary/aromatic N) is 3. The van der Waals surface area contributed by atoms with Crippen molar-refractivity contribution in [1.82, 2.24) is 14.7 Å². The minimum Gasteiger partial charge on any atom is -0.493 e. The minimum absolute atomic E-state index is 0.222. The Bertz CT molecular complexity index is 977. The summed E-state index contributed by atoms with van der Waals surface area (Å²) in [7, 11) is -3.58. The van der Waals surface area contributed by atoms with E-state index in [9.17, 15) is 8.42 Å². The number of benzene rings is 1. The molecule has 2 N–H and O–H groups in total. The van der Waals surface area contributed by atoms with Gasteiger partial charge in [0, 0.05) is 44.4 Å². The fraction of sp³-hybridized carbons (Fsp3) is 0.474. The van der Waals surface area contributed by atoms with Crippen molar-refractivity contribution in [3.05, 3.63) is 35.5 Å². The number of morpholine rings is 1. The van der Waals surface area contributed by atoms with Crippen LogP contribution >= 0.6 is 0 Å². The van der Waals surface area contributed by atoms with Crippen LogP contribution in [0, 0.1) is 6.92 Å². The van der Waals surface area contributed by atoms with Gasteiger partial charge in [-0.3, -0.25) is 0 Å². The summed E-state index contributed by atoms with van der Waals surface area (Å²) in [6.45, 7) is 6.06. The highest BCUT2D eigenvalue weighted by molar-refractivity contribution is 7.89. The van der Waals surface area contributed by atoms with Gasteiger partial charge in [0.1, 0.15) is 11.6 Å². The van der Waals surface area contributed by atoms with Crippen molar-refractivity contribution in [2.75, 3.05) is 56.2 Å². The molecule has 2 aliphatic heterocycles. The zero-order chi connectivity index (χ0) is 20.3. The first-order valence-electron chi connectivity index (χ1n) is 9.69. The molecule has 0 atom stereocenters. The second-order valence-corrected chi connectivity index (χ2v) is 8.75. The van der Waals surface area contributed by atoms with Crippen molar-refractivity contribution in [1.29, 1.82) is 0 Å². The monoisotopic (exact) mass is 419 g/mol. The van der Waals surface area contributed by atoms with Gasteiger partial charge in [0.25, 0.3) is 0 Å². The molecule has 0 spiro atoms. The first-order valence-corrected chi connectivity index (χ1v) is 11.2. The van der Waals surface area contributed by atoms with Crippen molar-refractivity contribution in [3.8, 4) is 5.75 Å². The van der Waals surface area contributed by atoms with Crippen LogP contribution in [0.4, 0.5) is 11.8 Å². The molecular weight excluding hydrogens is 394 g/mol. The maximum absolute atomic E-state index is 12.5. The third kappa shape index (κ3) is 4.77. The van der Waals surface area contributed by atoms with Gasteiger partial charge in [-0.05, 0) is 30.7 Å². The molecule has 1 saturated heterocycles. The first kappa shape index (κ1) is 19.9. The molecule has 29 heavy (non-hydrogen) atoms. The average molecular weight is 420 g/mol. The zero-order valence-electron chi connectivity index (χ0n) is 16.3. The average Bonchev–Trinajstić information content (AvgIpc) is 3.19. The highest BCUT2D eigenvalue weighted by Crippen LogP contribution is 2.27. The van der Waals surface area contributed by atoms with Crippen LogP contribution in [0.15, 0.2) is 29.2 Å².